The van der Waals surface area contributed by atoms with Gasteiger partial charge in [-0.3, -0.25) is 14.6 Å². The van der Waals surface area contributed by atoms with Crippen molar-refractivity contribution >= 4 is 28.4 Å². The maximum absolute atomic E-state index is 12.5. The lowest BCUT2D eigenvalue weighted by atomic mass is 10.0. The summed E-state index contributed by atoms with van der Waals surface area (Å²) in [6.07, 6.45) is 0.854. The fourth-order valence-electron chi connectivity index (χ4n) is 2.20. The van der Waals surface area contributed by atoms with Gasteiger partial charge >= 0.3 is 0 Å². The second-order valence-corrected chi connectivity index (χ2v) is 5.51. The largest absolute Gasteiger partial charge is 0.350 e. The minimum atomic E-state index is -0.180. The number of aryl methyl sites for hydroxylation is 1. The van der Waals surface area contributed by atoms with Gasteiger partial charge in [0.25, 0.3) is 5.91 Å². The normalized spacial score (nSPS) is 12.0. The number of hydrogen-bond donors (Lipinski definition) is 2. The lowest BCUT2D eigenvalue weighted by molar-refractivity contribution is -0.114. The Balaban J connectivity index is 2.54. The molecule has 0 aliphatic carbocycles. The van der Waals surface area contributed by atoms with E-state index in [1.54, 1.807) is 12.1 Å². The molecule has 0 bridgehead atoms. The molecule has 2 aromatic rings. The third-order valence-corrected chi connectivity index (χ3v) is 3.50. The SMILES string of the molecule is CCC(C)NC(=O)c1cc(NC(C)=O)cc2nc(C)ccc12. The lowest BCUT2D eigenvalue weighted by Gasteiger charge is -2.14. The van der Waals surface area contributed by atoms with Crippen molar-refractivity contribution in [1.29, 1.82) is 0 Å². The van der Waals surface area contributed by atoms with Gasteiger partial charge in [-0.25, -0.2) is 0 Å². The van der Waals surface area contributed by atoms with Gasteiger partial charge in [0.15, 0.2) is 0 Å². The van der Waals surface area contributed by atoms with Crippen molar-refractivity contribution in [3.05, 3.63) is 35.5 Å². The highest BCUT2D eigenvalue weighted by molar-refractivity contribution is 6.08. The summed E-state index contributed by atoms with van der Waals surface area (Å²) in [6.45, 7) is 7.30. The summed E-state index contributed by atoms with van der Waals surface area (Å²) in [7, 11) is 0. The van der Waals surface area contributed by atoms with Crippen LogP contribution in [-0.2, 0) is 4.79 Å². The Kier molecular flexibility index (Phi) is 4.75. The molecular formula is C17H21N3O2. The van der Waals surface area contributed by atoms with Crippen LogP contribution in [-0.4, -0.2) is 22.8 Å². The maximum atomic E-state index is 12.5. The summed E-state index contributed by atoms with van der Waals surface area (Å²) in [5.74, 6) is -0.336. The lowest BCUT2D eigenvalue weighted by Crippen LogP contribution is -2.32. The molecule has 0 spiro atoms. The van der Waals surface area contributed by atoms with E-state index in [-0.39, 0.29) is 17.9 Å². The second-order valence-electron chi connectivity index (χ2n) is 5.51. The summed E-state index contributed by atoms with van der Waals surface area (Å²) in [5, 5.41) is 6.45. The summed E-state index contributed by atoms with van der Waals surface area (Å²) >= 11 is 0. The minimum Gasteiger partial charge on any atom is -0.350 e. The number of carbonyl (C=O) groups excluding carboxylic acids is 2. The predicted octanol–water partition coefficient (Wildman–Crippen LogP) is 3.03. The van der Waals surface area contributed by atoms with Crippen LogP contribution in [0.4, 0.5) is 5.69 Å². The molecule has 1 heterocycles. The van der Waals surface area contributed by atoms with Crippen LogP contribution in [0.5, 0.6) is 0 Å². The van der Waals surface area contributed by atoms with E-state index in [0.717, 1.165) is 17.5 Å². The molecule has 0 aliphatic rings. The van der Waals surface area contributed by atoms with E-state index in [1.165, 1.54) is 6.92 Å². The van der Waals surface area contributed by atoms with E-state index >= 15 is 0 Å². The minimum absolute atomic E-state index is 0.0883. The summed E-state index contributed by atoms with van der Waals surface area (Å²) in [6, 6.07) is 7.33. The van der Waals surface area contributed by atoms with Crippen molar-refractivity contribution < 1.29 is 9.59 Å². The summed E-state index contributed by atoms with van der Waals surface area (Å²) in [5.41, 5.74) is 2.66. The zero-order valence-electron chi connectivity index (χ0n) is 13.4. The average molecular weight is 299 g/mol. The van der Waals surface area contributed by atoms with Gasteiger partial charge in [0.05, 0.1) is 11.1 Å². The molecule has 2 N–H and O–H groups in total. The van der Waals surface area contributed by atoms with Crippen LogP contribution >= 0.6 is 0 Å². The topological polar surface area (TPSA) is 71.1 Å². The Bertz CT molecular complexity index is 725. The van der Waals surface area contributed by atoms with Crippen LogP contribution < -0.4 is 10.6 Å². The van der Waals surface area contributed by atoms with Crippen LogP contribution in [0.3, 0.4) is 0 Å². The first-order chi connectivity index (χ1) is 10.4. The van der Waals surface area contributed by atoms with Crippen LogP contribution in [0.15, 0.2) is 24.3 Å². The maximum Gasteiger partial charge on any atom is 0.252 e. The number of nitrogens with one attached hydrogen (secondary N) is 2. The van der Waals surface area contributed by atoms with Gasteiger partial charge in [-0.15, -0.1) is 0 Å². The first-order valence-electron chi connectivity index (χ1n) is 7.40. The molecule has 1 aromatic heterocycles. The molecule has 1 atom stereocenters. The van der Waals surface area contributed by atoms with Crippen LogP contribution in [0, 0.1) is 6.92 Å². The molecular weight excluding hydrogens is 278 g/mol. The van der Waals surface area contributed by atoms with Crippen LogP contribution in [0.1, 0.15) is 43.2 Å². The molecule has 22 heavy (non-hydrogen) atoms. The number of carbonyl (C=O) groups is 2. The Morgan fingerprint density at radius 2 is 2.00 bits per heavy atom. The first-order valence-corrected chi connectivity index (χ1v) is 7.40. The molecule has 2 rings (SSSR count). The Morgan fingerprint density at radius 1 is 1.27 bits per heavy atom. The van der Waals surface area contributed by atoms with Crippen molar-refractivity contribution in [1.82, 2.24) is 10.3 Å². The van der Waals surface area contributed by atoms with Crippen molar-refractivity contribution in [2.45, 2.75) is 40.2 Å². The highest BCUT2D eigenvalue weighted by Gasteiger charge is 2.15. The Hall–Kier alpha value is -2.43. The average Bonchev–Trinajstić information content (AvgIpc) is 2.45. The number of benzene rings is 1. The molecule has 0 radical (unpaired) electrons. The van der Waals surface area contributed by atoms with Crippen molar-refractivity contribution in [2.75, 3.05) is 5.32 Å². The number of pyridine rings is 1. The van der Waals surface area contributed by atoms with Crippen molar-refractivity contribution in [3.63, 3.8) is 0 Å². The fourth-order valence-corrected chi connectivity index (χ4v) is 2.20. The molecule has 5 nitrogen and oxygen atoms in total. The number of fused-ring (bicyclic) bond motifs is 1. The van der Waals surface area contributed by atoms with Crippen molar-refractivity contribution in [2.24, 2.45) is 0 Å². The van der Waals surface area contributed by atoms with Gasteiger partial charge in [0, 0.05) is 29.7 Å². The van der Waals surface area contributed by atoms with Gasteiger partial charge in [-0.2, -0.15) is 0 Å². The highest BCUT2D eigenvalue weighted by atomic mass is 16.2. The number of rotatable bonds is 4. The van der Waals surface area contributed by atoms with Gasteiger partial charge in [0.1, 0.15) is 0 Å². The van der Waals surface area contributed by atoms with Crippen LogP contribution in [0.25, 0.3) is 10.9 Å². The zero-order valence-corrected chi connectivity index (χ0v) is 13.4. The van der Waals surface area contributed by atoms with Gasteiger partial charge in [-0.05, 0) is 38.5 Å². The van der Waals surface area contributed by atoms with Gasteiger partial charge < -0.3 is 10.6 Å². The molecule has 0 saturated heterocycles. The molecule has 116 valence electrons. The summed E-state index contributed by atoms with van der Waals surface area (Å²) in [4.78, 5) is 28.2. The Morgan fingerprint density at radius 3 is 2.64 bits per heavy atom. The van der Waals surface area contributed by atoms with Crippen molar-refractivity contribution in [3.8, 4) is 0 Å². The van der Waals surface area contributed by atoms with E-state index < -0.39 is 0 Å². The van der Waals surface area contributed by atoms with E-state index in [2.05, 4.69) is 15.6 Å². The van der Waals surface area contributed by atoms with Gasteiger partial charge in [0.2, 0.25) is 5.91 Å². The molecule has 0 saturated carbocycles. The molecule has 0 aliphatic heterocycles. The third kappa shape index (κ3) is 3.61. The zero-order chi connectivity index (χ0) is 16.3. The van der Waals surface area contributed by atoms with E-state index in [1.807, 2.05) is 32.9 Å². The number of aromatic nitrogens is 1. The fraction of sp³-hybridized carbons (Fsp3) is 0.353. The predicted molar refractivity (Wildman–Crippen MR) is 88.0 cm³/mol. The first kappa shape index (κ1) is 15.9. The standard InChI is InChI=1S/C17H21N3O2/c1-5-10(2)19-17(22)15-8-13(20-12(4)21)9-16-14(15)7-6-11(3)18-16/h6-10H,5H2,1-4H3,(H,19,22)(H,20,21). The number of hydrogen-bond acceptors (Lipinski definition) is 3. The van der Waals surface area contributed by atoms with E-state index in [0.29, 0.717) is 16.8 Å². The van der Waals surface area contributed by atoms with E-state index in [4.69, 9.17) is 0 Å². The molecule has 0 fully saturated rings. The Labute approximate surface area is 130 Å². The third-order valence-electron chi connectivity index (χ3n) is 3.50. The number of nitrogens with zero attached hydrogens (tertiary/aromatic N) is 1. The molecule has 1 unspecified atom stereocenters. The smallest absolute Gasteiger partial charge is 0.252 e. The van der Waals surface area contributed by atoms with E-state index in [9.17, 15) is 9.59 Å². The highest BCUT2D eigenvalue weighted by Crippen LogP contribution is 2.23. The monoisotopic (exact) mass is 299 g/mol. The number of anilines is 1. The quantitative estimate of drug-likeness (QED) is 0.911. The van der Waals surface area contributed by atoms with Crippen LogP contribution in [0.2, 0.25) is 0 Å². The number of amides is 2. The molecule has 2 amide bonds. The molecule has 5 heteroatoms. The molecule has 1 aromatic carbocycles. The van der Waals surface area contributed by atoms with Gasteiger partial charge in [-0.1, -0.05) is 13.0 Å². The second kappa shape index (κ2) is 6.56. The summed E-state index contributed by atoms with van der Waals surface area (Å²) < 4.78 is 0.